The molecule has 0 aromatic heterocycles. The summed E-state index contributed by atoms with van der Waals surface area (Å²) in [7, 11) is 1.53. The van der Waals surface area contributed by atoms with Gasteiger partial charge in [0.15, 0.2) is 5.84 Å². The van der Waals surface area contributed by atoms with Gasteiger partial charge in [0.05, 0.1) is 12.2 Å². The number of amidine groups is 1. The molecule has 6 heteroatoms. The first-order chi connectivity index (χ1) is 7.70. The third kappa shape index (κ3) is 2.83. The fourth-order valence-electron chi connectivity index (χ4n) is 1.16. The van der Waals surface area contributed by atoms with Crippen LogP contribution in [0.2, 0.25) is 0 Å². The SMILES string of the molecule is COCCOc1cccc(F)c1C(N)=NO. The Hall–Kier alpha value is -1.82. The molecule has 88 valence electrons. The smallest absolute Gasteiger partial charge is 0.176 e. The first-order valence-corrected chi connectivity index (χ1v) is 4.59. The van der Waals surface area contributed by atoms with Gasteiger partial charge in [-0.1, -0.05) is 11.2 Å². The van der Waals surface area contributed by atoms with Crippen LogP contribution in [0.4, 0.5) is 4.39 Å². The molecule has 1 aromatic rings. The van der Waals surface area contributed by atoms with Gasteiger partial charge in [-0.25, -0.2) is 4.39 Å². The minimum absolute atomic E-state index is 0.0545. The second-order valence-corrected chi connectivity index (χ2v) is 2.94. The monoisotopic (exact) mass is 228 g/mol. The minimum atomic E-state index is -0.606. The van der Waals surface area contributed by atoms with E-state index in [4.69, 9.17) is 20.4 Å². The van der Waals surface area contributed by atoms with Crippen molar-refractivity contribution in [2.45, 2.75) is 0 Å². The van der Waals surface area contributed by atoms with Gasteiger partial charge in [-0.15, -0.1) is 0 Å². The van der Waals surface area contributed by atoms with E-state index in [1.165, 1.54) is 25.3 Å². The molecule has 0 aliphatic heterocycles. The summed E-state index contributed by atoms with van der Waals surface area (Å²) < 4.78 is 23.4. The molecule has 0 unspecified atom stereocenters. The van der Waals surface area contributed by atoms with Gasteiger partial charge < -0.3 is 20.4 Å². The number of halogens is 1. The lowest BCUT2D eigenvalue weighted by atomic mass is 10.1. The summed E-state index contributed by atoms with van der Waals surface area (Å²) in [5, 5.41) is 11.3. The highest BCUT2D eigenvalue weighted by Crippen LogP contribution is 2.21. The molecule has 0 saturated heterocycles. The van der Waals surface area contributed by atoms with Gasteiger partial charge in [0.1, 0.15) is 18.2 Å². The van der Waals surface area contributed by atoms with Crippen molar-refractivity contribution in [3.05, 3.63) is 29.6 Å². The van der Waals surface area contributed by atoms with Crippen LogP contribution in [0, 0.1) is 5.82 Å². The fraction of sp³-hybridized carbons (Fsp3) is 0.300. The molecule has 0 spiro atoms. The third-order valence-electron chi connectivity index (χ3n) is 1.88. The molecule has 0 bridgehead atoms. The zero-order chi connectivity index (χ0) is 12.0. The van der Waals surface area contributed by atoms with Crippen LogP contribution in [-0.4, -0.2) is 31.4 Å². The molecule has 0 fully saturated rings. The Morgan fingerprint density at radius 1 is 1.50 bits per heavy atom. The quantitative estimate of drug-likeness (QED) is 0.258. The molecule has 5 nitrogen and oxygen atoms in total. The Balaban J connectivity index is 2.94. The highest BCUT2D eigenvalue weighted by molar-refractivity contribution is 5.99. The van der Waals surface area contributed by atoms with Crippen LogP contribution in [-0.2, 0) is 4.74 Å². The van der Waals surface area contributed by atoms with Crippen molar-refractivity contribution < 1.29 is 19.1 Å². The van der Waals surface area contributed by atoms with E-state index >= 15 is 0 Å². The topological polar surface area (TPSA) is 77.1 Å². The number of methoxy groups -OCH3 is 1. The van der Waals surface area contributed by atoms with Crippen LogP contribution in [0.1, 0.15) is 5.56 Å². The fourth-order valence-corrected chi connectivity index (χ4v) is 1.16. The summed E-state index contributed by atoms with van der Waals surface area (Å²) in [4.78, 5) is 0. The van der Waals surface area contributed by atoms with E-state index in [2.05, 4.69) is 5.16 Å². The highest BCUT2D eigenvalue weighted by atomic mass is 19.1. The maximum atomic E-state index is 13.4. The number of benzene rings is 1. The van der Waals surface area contributed by atoms with Crippen LogP contribution in [0.5, 0.6) is 5.75 Å². The maximum absolute atomic E-state index is 13.4. The van der Waals surface area contributed by atoms with Crippen LogP contribution in [0.25, 0.3) is 0 Å². The van der Waals surface area contributed by atoms with E-state index < -0.39 is 5.82 Å². The molecule has 0 radical (unpaired) electrons. The summed E-state index contributed by atoms with van der Waals surface area (Å²) in [5.41, 5.74) is 5.29. The normalized spacial score (nSPS) is 11.5. The summed E-state index contributed by atoms with van der Waals surface area (Å²) >= 11 is 0. The lowest BCUT2D eigenvalue weighted by Gasteiger charge is -2.10. The first kappa shape index (κ1) is 12.3. The molecule has 0 saturated carbocycles. The molecule has 0 amide bonds. The van der Waals surface area contributed by atoms with Gasteiger partial charge in [-0.3, -0.25) is 0 Å². The number of ether oxygens (including phenoxy) is 2. The Morgan fingerprint density at radius 2 is 2.25 bits per heavy atom. The van der Waals surface area contributed by atoms with Gasteiger partial charge in [0, 0.05) is 7.11 Å². The van der Waals surface area contributed by atoms with Gasteiger partial charge in [0.2, 0.25) is 0 Å². The zero-order valence-corrected chi connectivity index (χ0v) is 8.81. The number of nitrogens with zero attached hydrogens (tertiary/aromatic N) is 1. The molecule has 0 aliphatic rings. The number of hydrogen-bond acceptors (Lipinski definition) is 4. The Bertz CT molecular complexity index is 382. The van der Waals surface area contributed by atoms with E-state index in [0.717, 1.165) is 0 Å². The van der Waals surface area contributed by atoms with E-state index in [1.807, 2.05) is 0 Å². The highest BCUT2D eigenvalue weighted by Gasteiger charge is 2.13. The van der Waals surface area contributed by atoms with Crippen LogP contribution >= 0.6 is 0 Å². The zero-order valence-electron chi connectivity index (χ0n) is 8.81. The Morgan fingerprint density at radius 3 is 2.88 bits per heavy atom. The molecule has 16 heavy (non-hydrogen) atoms. The molecule has 1 aromatic carbocycles. The van der Waals surface area contributed by atoms with Crippen LogP contribution < -0.4 is 10.5 Å². The van der Waals surface area contributed by atoms with Crippen molar-refractivity contribution in [1.29, 1.82) is 0 Å². The van der Waals surface area contributed by atoms with Crippen LogP contribution in [0.15, 0.2) is 23.4 Å². The summed E-state index contributed by atoms with van der Waals surface area (Å²) in [6.07, 6.45) is 0. The predicted molar refractivity (Wildman–Crippen MR) is 56.3 cm³/mol. The van der Waals surface area contributed by atoms with Gasteiger partial charge >= 0.3 is 0 Å². The standard InChI is InChI=1S/C10H13FN2O3/c1-15-5-6-16-8-4-2-3-7(11)9(8)10(12)13-14/h2-4,14H,5-6H2,1H3,(H2,12,13). The average Bonchev–Trinajstić information content (AvgIpc) is 2.29. The first-order valence-electron chi connectivity index (χ1n) is 4.59. The lowest BCUT2D eigenvalue weighted by molar-refractivity contribution is 0.146. The van der Waals surface area contributed by atoms with Crippen molar-refractivity contribution in [3.63, 3.8) is 0 Å². The molecule has 1 rings (SSSR count). The second-order valence-electron chi connectivity index (χ2n) is 2.94. The molecule has 0 aliphatic carbocycles. The molecule has 3 N–H and O–H groups in total. The van der Waals surface area contributed by atoms with Crippen molar-refractivity contribution in [3.8, 4) is 5.75 Å². The number of rotatable bonds is 5. The van der Waals surface area contributed by atoms with E-state index in [0.29, 0.717) is 6.61 Å². The molecule has 0 atom stereocenters. The predicted octanol–water partition coefficient (Wildman–Crippen LogP) is 0.945. The van der Waals surface area contributed by atoms with Gasteiger partial charge in [-0.2, -0.15) is 0 Å². The molecule has 0 heterocycles. The van der Waals surface area contributed by atoms with Crippen molar-refractivity contribution >= 4 is 5.84 Å². The summed E-state index contributed by atoms with van der Waals surface area (Å²) in [5.74, 6) is -0.719. The number of oxime groups is 1. The van der Waals surface area contributed by atoms with Crippen LogP contribution in [0.3, 0.4) is 0 Å². The molecular formula is C10H13FN2O3. The van der Waals surface area contributed by atoms with Crippen molar-refractivity contribution in [1.82, 2.24) is 0 Å². The third-order valence-corrected chi connectivity index (χ3v) is 1.88. The minimum Gasteiger partial charge on any atom is -0.490 e. The van der Waals surface area contributed by atoms with Crippen molar-refractivity contribution in [2.24, 2.45) is 10.9 Å². The maximum Gasteiger partial charge on any atom is 0.176 e. The molecular weight excluding hydrogens is 215 g/mol. The lowest BCUT2D eigenvalue weighted by Crippen LogP contribution is -2.17. The second kappa shape index (κ2) is 5.92. The van der Waals surface area contributed by atoms with Gasteiger partial charge in [-0.05, 0) is 12.1 Å². The summed E-state index contributed by atoms with van der Waals surface area (Å²) in [6, 6.07) is 4.22. The Labute approximate surface area is 92.3 Å². The van der Waals surface area contributed by atoms with E-state index in [1.54, 1.807) is 0 Å². The largest absolute Gasteiger partial charge is 0.490 e. The van der Waals surface area contributed by atoms with Crippen molar-refractivity contribution in [2.75, 3.05) is 20.3 Å². The van der Waals surface area contributed by atoms with E-state index in [-0.39, 0.29) is 23.8 Å². The number of hydrogen-bond donors (Lipinski definition) is 2. The van der Waals surface area contributed by atoms with Gasteiger partial charge in [0.25, 0.3) is 0 Å². The van der Waals surface area contributed by atoms with E-state index in [9.17, 15) is 4.39 Å². The Kier molecular flexibility index (Phi) is 4.53. The average molecular weight is 228 g/mol. The number of nitrogens with two attached hydrogens (primary N) is 1. The summed E-state index contributed by atoms with van der Waals surface area (Å²) in [6.45, 7) is 0.623.